The summed E-state index contributed by atoms with van der Waals surface area (Å²) in [7, 11) is 0. The van der Waals surface area contributed by atoms with Gasteiger partial charge in [-0.1, -0.05) is 12.6 Å². The molecule has 0 bridgehead atoms. The van der Waals surface area contributed by atoms with Crippen LogP contribution in [-0.2, 0) is 4.84 Å². The maximum Gasteiger partial charge on any atom is 0.240 e. The van der Waals surface area contributed by atoms with Crippen LogP contribution in [0.25, 0.3) is 0 Å². The van der Waals surface area contributed by atoms with Crippen LogP contribution in [0.1, 0.15) is 20.2 Å². The third kappa shape index (κ3) is 4.19. The standard InChI is InChI=1S/C4H6N2O.C2H4N4.CH4/c1-3-5-4(2)7-6-3;1-2-3-5-6-4-2;/h2H2,1H3,(H,5,6);1H3,(H,3,4,5,6);1H4. The molecule has 78 valence electrons. The van der Waals surface area contributed by atoms with Gasteiger partial charge in [-0.05, 0) is 20.4 Å². The van der Waals surface area contributed by atoms with E-state index in [9.17, 15) is 0 Å². The number of nitrogens with zero attached hydrogens (tertiary/aromatic N) is 4. The number of hydroxylamine groups is 1. The SMILES string of the molecule is C.C=C1N=C(C)NO1.Cc1nn[nH]n1. The summed E-state index contributed by atoms with van der Waals surface area (Å²) in [4.78, 5) is 8.39. The Kier molecular flexibility index (Phi) is 4.90. The van der Waals surface area contributed by atoms with Crippen LogP contribution in [0, 0.1) is 6.92 Å². The first-order valence-corrected chi connectivity index (χ1v) is 3.55. The summed E-state index contributed by atoms with van der Waals surface area (Å²) in [5.74, 6) is 1.86. The van der Waals surface area contributed by atoms with Crippen LogP contribution >= 0.6 is 0 Å². The van der Waals surface area contributed by atoms with Crippen LogP contribution in [0.5, 0.6) is 0 Å². The molecule has 0 saturated carbocycles. The van der Waals surface area contributed by atoms with Crippen LogP contribution in [0.4, 0.5) is 0 Å². The summed E-state index contributed by atoms with van der Waals surface area (Å²) in [5.41, 5.74) is 2.52. The number of aliphatic imine (C=N–C) groups is 1. The largest absolute Gasteiger partial charge is 0.361 e. The number of aryl methyl sites for hydroxylation is 1. The van der Waals surface area contributed by atoms with Crippen molar-refractivity contribution in [2.45, 2.75) is 21.3 Å². The fourth-order valence-corrected chi connectivity index (χ4v) is 0.577. The summed E-state index contributed by atoms with van der Waals surface area (Å²) in [6, 6.07) is 0. The van der Waals surface area contributed by atoms with Gasteiger partial charge >= 0.3 is 0 Å². The number of hydrogen-bond donors (Lipinski definition) is 2. The number of amidine groups is 1. The van der Waals surface area contributed by atoms with Crippen molar-refractivity contribution in [1.29, 1.82) is 0 Å². The monoisotopic (exact) mass is 198 g/mol. The van der Waals surface area contributed by atoms with Crippen LogP contribution in [0.2, 0.25) is 0 Å². The molecular weight excluding hydrogens is 184 g/mol. The first-order valence-electron chi connectivity index (χ1n) is 3.55. The Morgan fingerprint density at radius 2 is 2.07 bits per heavy atom. The molecule has 7 heteroatoms. The fraction of sp³-hybridized carbons (Fsp3) is 0.429. The van der Waals surface area contributed by atoms with Gasteiger partial charge in [0.2, 0.25) is 5.88 Å². The van der Waals surface area contributed by atoms with Crippen molar-refractivity contribution in [1.82, 2.24) is 26.1 Å². The Morgan fingerprint density at radius 1 is 1.36 bits per heavy atom. The lowest BCUT2D eigenvalue weighted by atomic mass is 10.7. The van der Waals surface area contributed by atoms with Crippen molar-refractivity contribution in [2.75, 3.05) is 0 Å². The quantitative estimate of drug-likeness (QED) is 0.635. The molecule has 14 heavy (non-hydrogen) atoms. The lowest BCUT2D eigenvalue weighted by Crippen LogP contribution is -2.11. The zero-order valence-corrected chi connectivity index (χ0v) is 7.40. The number of tetrazole rings is 1. The third-order valence-corrected chi connectivity index (χ3v) is 1.06. The van der Waals surface area contributed by atoms with Crippen molar-refractivity contribution >= 4 is 5.84 Å². The van der Waals surface area contributed by atoms with Gasteiger partial charge in [0.25, 0.3) is 0 Å². The second kappa shape index (κ2) is 5.68. The minimum atomic E-state index is 0. The average molecular weight is 198 g/mol. The Hall–Kier alpha value is -1.92. The Balaban J connectivity index is 0.000000227. The number of aromatic nitrogens is 4. The number of nitrogens with one attached hydrogen (secondary N) is 2. The zero-order chi connectivity index (χ0) is 9.68. The molecule has 2 rings (SSSR count). The first kappa shape index (κ1) is 12.1. The van der Waals surface area contributed by atoms with E-state index in [-0.39, 0.29) is 7.43 Å². The molecule has 0 aliphatic carbocycles. The van der Waals surface area contributed by atoms with Gasteiger partial charge in [-0.15, -0.1) is 10.2 Å². The van der Waals surface area contributed by atoms with E-state index in [0.29, 0.717) is 11.7 Å². The van der Waals surface area contributed by atoms with Gasteiger partial charge in [-0.2, -0.15) is 10.2 Å². The maximum atomic E-state index is 4.62. The van der Waals surface area contributed by atoms with Gasteiger partial charge in [-0.25, -0.2) is 5.48 Å². The molecule has 1 aromatic heterocycles. The van der Waals surface area contributed by atoms with E-state index in [1.807, 2.05) is 0 Å². The lowest BCUT2D eigenvalue weighted by Gasteiger charge is -1.89. The normalized spacial score (nSPS) is 12.7. The van der Waals surface area contributed by atoms with Gasteiger partial charge in [-0.3, -0.25) is 0 Å². The van der Waals surface area contributed by atoms with Crippen LogP contribution in [0.3, 0.4) is 0 Å². The van der Waals surface area contributed by atoms with Crippen molar-refractivity contribution < 1.29 is 4.84 Å². The third-order valence-electron chi connectivity index (χ3n) is 1.06. The van der Waals surface area contributed by atoms with Crippen LogP contribution in [-0.4, -0.2) is 26.5 Å². The summed E-state index contributed by atoms with van der Waals surface area (Å²) in [6.07, 6.45) is 0. The summed E-state index contributed by atoms with van der Waals surface area (Å²) >= 11 is 0. The molecule has 0 aromatic carbocycles. The summed E-state index contributed by atoms with van der Waals surface area (Å²) in [6.45, 7) is 7.00. The van der Waals surface area contributed by atoms with E-state index in [0.717, 1.165) is 5.84 Å². The fourth-order valence-electron chi connectivity index (χ4n) is 0.577. The molecule has 2 N–H and O–H groups in total. The highest BCUT2D eigenvalue weighted by atomic mass is 16.7. The molecule has 7 nitrogen and oxygen atoms in total. The smallest absolute Gasteiger partial charge is 0.240 e. The predicted octanol–water partition coefficient (Wildman–Crippen LogP) is 0.555. The van der Waals surface area contributed by atoms with Crippen LogP contribution < -0.4 is 5.48 Å². The topological polar surface area (TPSA) is 88.1 Å². The number of rotatable bonds is 0. The number of aromatic amines is 1. The van der Waals surface area contributed by atoms with Gasteiger partial charge in [0, 0.05) is 0 Å². The van der Waals surface area contributed by atoms with Crippen molar-refractivity contribution in [3.05, 3.63) is 18.3 Å². The molecule has 1 aliphatic rings. The van der Waals surface area contributed by atoms with Crippen molar-refractivity contribution in [3.8, 4) is 0 Å². The van der Waals surface area contributed by atoms with Gasteiger partial charge in [0.05, 0.1) is 0 Å². The van der Waals surface area contributed by atoms with E-state index in [1.165, 1.54) is 0 Å². The highest BCUT2D eigenvalue weighted by Gasteiger charge is 2.01. The molecule has 0 spiro atoms. The molecule has 2 heterocycles. The number of H-pyrrole nitrogens is 1. The second-order valence-corrected chi connectivity index (χ2v) is 2.25. The molecule has 0 fully saturated rings. The second-order valence-electron chi connectivity index (χ2n) is 2.25. The van der Waals surface area contributed by atoms with E-state index in [1.54, 1.807) is 13.8 Å². The Labute approximate surface area is 82.2 Å². The Bertz CT molecular complexity index is 304. The van der Waals surface area contributed by atoms with E-state index >= 15 is 0 Å². The summed E-state index contributed by atoms with van der Waals surface area (Å²) in [5, 5.41) is 12.7. The average Bonchev–Trinajstić information content (AvgIpc) is 2.64. The highest BCUT2D eigenvalue weighted by Crippen LogP contribution is 1.98. The maximum absolute atomic E-state index is 4.62. The van der Waals surface area contributed by atoms with Gasteiger partial charge < -0.3 is 4.84 Å². The molecule has 1 aromatic rings. The molecule has 0 atom stereocenters. The van der Waals surface area contributed by atoms with Crippen LogP contribution in [0.15, 0.2) is 17.5 Å². The number of hydrogen-bond acceptors (Lipinski definition) is 6. The van der Waals surface area contributed by atoms with E-state index < -0.39 is 0 Å². The molecule has 0 unspecified atom stereocenters. The lowest BCUT2D eigenvalue weighted by molar-refractivity contribution is 0.178. The molecular formula is C7H14N6O. The van der Waals surface area contributed by atoms with Crippen molar-refractivity contribution in [2.24, 2.45) is 4.99 Å². The summed E-state index contributed by atoms with van der Waals surface area (Å²) < 4.78 is 0. The van der Waals surface area contributed by atoms with Crippen molar-refractivity contribution in [3.63, 3.8) is 0 Å². The van der Waals surface area contributed by atoms with E-state index in [2.05, 4.69) is 42.5 Å². The predicted molar refractivity (Wildman–Crippen MR) is 52.1 cm³/mol. The minimum Gasteiger partial charge on any atom is -0.361 e. The zero-order valence-electron chi connectivity index (χ0n) is 7.40. The molecule has 0 saturated heterocycles. The molecule has 0 amide bonds. The minimum absolute atomic E-state index is 0. The van der Waals surface area contributed by atoms with E-state index in [4.69, 9.17) is 0 Å². The van der Waals surface area contributed by atoms with Gasteiger partial charge in [0.15, 0.2) is 5.82 Å². The van der Waals surface area contributed by atoms with Gasteiger partial charge in [0.1, 0.15) is 5.84 Å². The molecule has 1 aliphatic heterocycles. The highest BCUT2D eigenvalue weighted by molar-refractivity contribution is 5.80. The first-order chi connectivity index (χ1) is 6.18. The molecule has 0 radical (unpaired) electrons. The Morgan fingerprint density at radius 3 is 2.21 bits per heavy atom.